The zero-order valence-corrected chi connectivity index (χ0v) is 17.9. The molecule has 4 heterocycles. The Kier molecular flexibility index (Phi) is 5.28. The molecule has 1 saturated heterocycles. The highest BCUT2D eigenvalue weighted by Crippen LogP contribution is 2.35. The molecule has 30 heavy (non-hydrogen) atoms. The van der Waals surface area contributed by atoms with Gasteiger partial charge in [0.1, 0.15) is 37.6 Å². The number of hydrogen-bond donors (Lipinski definition) is 3. The summed E-state index contributed by atoms with van der Waals surface area (Å²) in [6.07, 6.45) is 2.46. The van der Waals surface area contributed by atoms with Crippen molar-refractivity contribution in [1.82, 2.24) is 14.6 Å². The maximum absolute atomic E-state index is 11.0. The van der Waals surface area contributed by atoms with Crippen molar-refractivity contribution in [1.29, 1.82) is 0 Å². The van der Waals surface area contributed by atoms with Crippen molar-refractivity contribution in [2.75, 3.05) is 26.2 Å². The molecule has 156 valence electrons. The van der Waals surface area contributed by atoms with E-state index in [0.29, 0.717) is 0 Å². The van der Waals surface area contributed by atoms with Gasteiger partial charge in [-0.05, 0) is 12.1 Å². The summed E-state index contributed by atoms with van der Waals surface area (Å²) in [6.45, 7) is 7.28. The van der Waals surface area contributed by atoms with Gasteiger partial charge in [0, 0.05) is 12.0 Å². The van der Waals surface area contributed by atoms with E-state index in [4.69, 9.17) is 4.42 Å². The fourth-order valence-corrected chi connectivity index (χ4v) is 5.51. The zero-order valence-electron chi connectivity index (χ0n) is 17.0. The molecule has 1 aliphatic heterocycles. The number of fused-ring (bicyclic) bond motifs is 1. The van der Waals surface area contributed by atoms with Gasteiger partial charge in [0.05, 0.1) is 6.26 Å². The molecule has 8 heteroatoms. The zero-order chi connectivity index (χ0) is 20.5. The van der Waals surface area contributed by atoms with Crippen LogP contribution in [-0.4, -0.2) is 45.9 Å². The molecular weight excluding hydrogens is 398 g/mol. The van der Waals surface area contributed by atoms with Gasteiger partial charge in [-0.2, -0.15) is 4.52 Å². The molecule has 1 fully saturated rings. The standard InChI is InChI=1S/C22H25N5O2S/c1-2-18-23-22-27(24-18)21(28)20(30-22)19(17-9-6-14-29-17)26-12-10-25(11-13-26)15-16-7-4-3-5-8-16/h3-9,14,19,28H,2,10-13,15H2,1H3/p+2/t19-/m1/s1. The smallest absolute Gasteiger partial charge is 0.235 e. The summed E-state index contributed by atoms with van der Waals surface area (Å²) < 4.78 is 7.39. The first-order chi connectivity index (χ1) is 14.7. The Morgan fingerprint density at radius 1 is 1.13 bits per heavy atom. The first-order valence-corrected chi connectivity index (χ1v) is 11.4. The van der Waals surface area contributed by atoms with E-state index in [9.17, 15) is 5.11 Å². The fourth-order valence-electron chi connectivity index (χ4n) is 4.37. The van der Waals surface area contributed by atoms with Gasteiger partial charge in [0.25, 0.3) is 0 Å². The minimum absolute atomic E-state index is 0.0446. The number of nitrogens with one attached hydrogen (secondary N) is 2. The predicted octanol–water partition coefficient (Wildman–Crippen LogP) is 0.725. The average Bonchev–Trinajstić information content (AvgIpc) is 3.50. The number of benzene rings is 1. The molecule has 4 aromatic rings. The topological polar surface area (TPSA) is 72.4 Å². The summed E-state index contributed by atoms with van der Waals surface area (Å²) in [7, 11) is 0. The van der Waals surface area contributed by atoms with Gasteiger partial charge < -0.3 is 19.3 Å². The van der Waals surface area contributed by atoms with Gasteiger partial charge in [-0.3, -0.25) is 0 Å². The Morgan fingerprint density at radius 3 is 2.60 bits per heavy atom. The highest BCUT2D eigenvalue weighted by Gasteiger charge is 2.37. The van der Waals surface area contributed by atoms with Gasteiger partial charge in [-0.15, -0.1) is 5.10 Å². The lowest BCUT2D eigenvalue weighted by Gasteiger charge is -2.33. The van der Waals surface area contributed by atoms with E-state index in [0.717, 1.165) is 60.6 Å². The first-order valence-electron chi connectivity index (χ1n) is 10.6. The van der Waals surface area contributed by atoms with Crippen molar-refractivity contribution < 1.29 is 19.3 Å². The Balaban J connectivity index is 1.38. The number of quaternary nitrogens is 2. The molecule has 5 rings (SSSR count). The van der Waals surface area contributed by atoms with Crippen molar-refractivity contribution in [3.8, 4) is 5.88 Å². The summed E-state index contributed by atoms with van der Waals surface area (Å²) in [6, 6.07) is 14.6. The number of nitrogens with zero attached hydrogens (tertiary/aromatic N) is 3. The molecule has 1 aromatic carbocycles. The Labute approximate surface area is 179 Å². The maximum atomic E-state index is 11.0. The van der Waals surface area contributed by atoms with E-state index in [-0.39, 0.29) is 11.9 Å². The van der Waals surface area contributed by atoms with Crippen LogP contribution >= 0.6 is 11.3 Å². The lowest BCUT2D eigenvalue weighted by atomic mass is 10.1. The lowest BCUT2D eigenvalue weighted by Crippen LogP contribution is -3.27. The van der Waals surface area contributed by atoms with Crippen LogP contribution in [0.2, 0.25) is 0 Å². The quantitative estimate of drug-likeness (QED) is 0.426. The number of aryl methyl sites for hydroxylation is 1. The molecule has 1 atom stereocenters. The number of piperazine rings is 1. The minimum atomic E-state index is -0.0446. The second-order valence-electron chi connectivity index (χ2n) is 7.88. The van der Waals surface area contributed by atoms with Crippen LogP contribution in [0, 0.1) is 0 Å². The summed E-state index contributed by atoms with van der Waals surface area (Å²) in [4.78, 5) is 9.18. The van der Waals surface area contributed by atoms with Crippen molar-refractivity contribution in [2.24, 2.45) is 0 Å². The predicted molar refractivity (Wildman–Crippen MR) is 114 cm³/mol. The Bertz CT molecular complexity index is 1100. The van der Waals surface area contributed by atoms with Crippen LogP contribution in [0.5, 0.6) is 5.88 Å². The molecule has 0 spiro atoms. The summed E-state index contributed by atoms with van der Waals surface area (Å²) in [5.74, 6) is 1.82. The van der Waals surface area contributed by atoms with E-state index >= 15 is 0 Å². The highest BCUT2D eigenvalue weighted by atomic mass is 32.1. The van der Waals surface area contributed by atoms with Crippen LogP contribution in [0.25, 0.3) is 4.96 Å². The summed E-state index contributed by atoms with van der Waals surface area (Å²) >= 11 is 1.52. The van der Waals surface area contributed by atoms with Crippen LogP contribution in [0.1, 0.15) is 35.0 Å². The third kappa shape index (κ3) is 3.62. The average molecular weight is 426 g/mol. The molecule has 7 nitrogen and oxygen atoms in total. The molecule has 3 N–H and O–H groups in total. The van der Waals surface area contributed by atoms with Crippen LogP contribution in [0.4, 0.5) is 0 Å². The van der Waals surface area contributed by atoms with Crippen LogP contribution in [-0.2, 0) is 13.0 Å². The third-order valence-electron chi connectivity index (χ3n) is 5.95. The van der Waals surface area contributed by atoms with E-state index in [1.165, 1.54) is 21.8 Å². The second kappa shape index (κ2) is 8.22. The molecule has 0 amide bonds. The van der Waals surface area contributed by atoms with Crippen molar-refractivity contribution >= 4 is 16.3 Å². The van der Waals surface area contributed by atoms with Crippen LogP contribution in [0.3, 0.4) is 0 Å². The van der Waals surface area contributed by atoms with Crippen molar-refractivity contribution in [3.63, 3.8) is 0 Å². The van der Waals surface area contributed by atoms with Gasteiger partial charge in [-0.25, -0.2) is 4.98 Å². The van der Waals surface area contributed by atoms with Gasteiger partial charge in [0.15, 0.2) is 17.6 Å². The molecular formula is C22H27N5O2S+2. The molecule has 0 bridgehead atoms. The fraction of sp³-hybridized carbons (Fsp3) is 0.364. The first kappa shape index (κ1) is 19.3. The number of aromatic hydroxyl groups is 1. The number of rotatable bonds is 6. The van der Waals surface area contributed by atoms with Gasteiger partial charge >= 0.3 is 0 Å². The molecule has 0 saturated carbocycles. The largest absolute Gasteiger partial charge is 0.492 e. The molecule has 1 aliphatic rings. The second-order valence-corrected chi connectivity index (χ2v) is 8.89. The summed E-state index contributed by atoms with van der Waals surface area (Å²) in [5, 5.41) is 15.4. The van der Waals surface area contributed by atoms with Crippen molar-refractivity contribution in [2.45, 2.75) is 25.9 Å². The molecule has 3 aromatic heterocycles. The lowest BCUT2D eigenvalue weighted by molar-refractivity contribution is -1.03. The molecule has 0 aliphatic carbocycles. The minimum Gasteiger partial charge on any atom is -0.492 e. The number of thiazole rings is 1. The normalized spacial score (nSPS) is 20.6. The van der Waals surface area contributed by atoms with E-state index in [2.05, 4.69) is 40.4 Å². The SMILES string of the molecule is CCc1nc2sc([C@@H](c3ccco3)[NH+]3CC[NH+](Cc4ccccc4)CC3)c(O)n2n1. The Hall–Kier alpha value is -2.68. The van der Waals surface area contributed by atoms with E-state index < -0.39 is 0 Å². The maximum Gasteiger partial charge on any atom is 0.235 e. The van der Waals surface area contributed by atoms with E-state index in [1.54, 1.807) is 15.7 Å². The third-order valence-corrected chi connectivity index (χ3v) is 7.04. The van der Waals surface area contributed by atoms with Crippen molar-refractivity contribution in [3.05, 3.63) is 70.8 Å². The van der Waals surface area contributed by atoms with E-state index in [1.807, 2.05) is 19.1 Å². The Morgan fingerprint density at radius 2 is 1.93 bits per heavy atom. The number of hydrogen-bond acceptors (Lipinski definition) is 5. The molecule has 0 radical (unpaired) electrons. The number of aromatic nitrogens is 3. The van der Waals surface area contributed by atoms with Gasteiger partial charge in [-0.1, -0.05) is 48.6 Å². The number of furan rings is 1. The molecule has 0 unspecified atom stereocenters. The van der Waals surface area contributed by atoms with Gasteiger partial charge in [0.2, 0.25) is 10.8 Å². The summed E-state index contributed by atoms with van der Waals surface area (Å²) in [5.41, 5.74) is 1.38. The van der Waals surface area contributed by atoms with Crippen LogP contribution < -0.4 is 9.80 Å². The highest BCUT2D eigenvalue weighted by molar-refractivity contribution is 7.17. The van der Waals surface area contributed by atoms with Crippen LogP contribution in [0.15, 0.2) is 53.1 Å². The monoisotopic (exact) mass is 425 g/mol.